The first-order valence-corrected chi connectivity index (χ1v) is 17.1. The van der Waals surface area contributed by atoms with Crippen LogP contribution < -0.4 is 29.1 Å². The molecule has 228 valence electrons. The number of aromatic nitrogens is 1. The number of carbonyl (C=O) groups is 1. The van der Waals surface area contributed by atoms with Gasteiger partial charge in [0.2, 0.25) is 0 Å². The summed E-state index contributed by atoms with van der Waals surface area (Å²) in [6.07, 6.45) is 3.27. The van der Waals surface area contributed by atoms with Crippen LogP contribution in [-0.4, -0.2) is 30.9 Å². The molecule has 0 aliphatic carbocycles. The molecule has 0 radical (unpaired) electrons. The molecule has 4 aromatic rings. The van der Waals surface area contributed by atoms with Crippen molar-refractivity contribution in [3.63, 3.8) is 0 Å². The van der Waals surface area contributed by atoms with Gasteiger partial charge < -0.3 is 18.9 Å². The van der Waals surface area contributed by atoms with Crippen LogP contribution in [0.5, 0.6) is 17.2 Å². The summed E-state index contributed by atoms with van der Waals surface area (Å²) in [5.74, 6) is 1.17. The van der Waals surface area contributed by atoms with Crippen LogP contribution in [0.2, 0.25) is 0 Å². The molecule has 44 heavy (non-hydrogen) atoms. The average molecular weight is 854 g/mol. The molecule has 1 aliphatic rings. The van der Waals surface area contributed by atoms with Gasteiger partial charge in [-0.2, -0.15) is 0 Å². The molecule has 0 fully saturated rings. The number of fused-ring (bicyclic) bond motifs is 1. The van der Waals surface area contributed by atoms with Crippen LogP contribution in [-0.2, 0) is 16.1 Å². The first-order chi connectivity index (χ1) is 21.2. The summed E-state index contributed by atoms with van der Waals surface area (Å²) < 4.78 is 27.6. The van der Waals surface area contributed by atoms with Gasteiger partial charge in [-0.05, 0) is 90.0 Å². The summed E-state index contributed by atoms with van der Waals surface area (Å²) in [4.78, 5) is 32.0. The van der Waals surface area contributed by atoms with Crippen LogP contribution >= 0.6 is 65.8 Å². The van der Waals surface area contributed by atoms with Crippen LogP contribution in [0.4, 0.5) is 0 Å². The maximum absolute atomic E-state index is 14.1. The number of hydrogen-bond acceptors (Lipinski definition) is 8. The fourth-order valence-corrected chi connectivity index (χ4v) is 7.64. The molecule has 0 N–H and O–H groups in total. The number of ether oxygens (including phenoxy) is 4. The highest BCUT2D eigenvalue weighted by Gasteiger charge is 2.31. The van der Waals surface area contributed by atoms with Crippen LogP contribution in [0.1, 0.15) is 36.6 Å². The predicted molar refractivity (Wildman–Crippen MR) is 185 cm³/mol. The molecular formula is C32H27Br2IN2O6S. The second kappa shape index (κ2) is 14.4. The Morgan fingerprint density at radius 2 is 1.73 bits per heavy atom. The molecule has 3 aromatic carbocycles. The molecular weight excluding hydrogens is 827 g/mol. The van der Waals surface area contributed by atoms with E-state index < -0.39 is 12.0 Å². The number of benzene rings is 3. The van der Waals surface area contributed by atoms with Crippen molar-refractivity contribution in [1.82, 2.24) is 4.57 Å². The Bertz CT molecular complexity index is 1920. The molecule has 0 saturated heterocycles. The molecule has 0 amide bonds. The second-order valence-electron chi connectivity index (χ2n) is 9.47. The monoisotopic (exact) mass is 852 g/mol. The van der Waals surface area contributed by atoms with Crippen molar-refractivity contribution in [3.05, 3.63) is 115 Å². The van der Waals surface area contributed by atoms with Gasteiger partial charge in [-0.1, -0.05) is 61.4 Å². The van der Waals surface area contributed by atoms with Crippen LogP contribution in [0.3, 0.4) is 0 Å². The van der Waals surface area contributed by atoms with Crippen molar-refractivity contribution in [1.29, 1.82) is 0 Å². The summed E-state index contributed by atoms with van der Waals surface area (Å²) in [6, 6.07) is 16.4. The van der Waals surface area contributed by atoms with E-state index in [4.69, 9.17) is 18.9 Å². The van der Waals surface area contributed by atoms with E-state index in [1.54, 1.807) is 18.2 Å². The number of rotatable bonds is 10. The number of hydrogen-bond donors (Lipinski definition) is 0. The molecule has 1 aromatic heterocycles. The van der Waals surface area contributed by atoms with Gasteiger partial charge in [0.15, 0.2) is 16.3 Å². The fourth-order valence-electron chi connectivity index (χ4n) is 4.70. The Hall–Kier alpha value is -2.94. The molecule has 0 spiro atoms. The van der Waals surface area contributed by atoms with E-state index in [2.05, 4.69) is 59.4 Å². The maximum atomic E-state index is 14.1. The molecule has 1 atom stereocenters. The summed E-state index contributed by atoms with van der Waals surface area (Å²) in [5, 5.41) is 0. The van der Waals surface area contributed by atoms with E-state index in [0.29, 0.717) is 52.0 Å². The molecule has 8 nitrogen and oxygen atoms in total. The molecule has 0 saturated carbocycles. The third-order valence-electron chi connectivity index (χ3n) is 6.63. The van der Waals surface area contributed by atoms with Gasteiger partial charge in [0.1, 0.15) is 12.4 Å². The number of esters is 1. The van der Waals surface area contributed by atoms with Crippen LogP contribution in [0, 0.1) is 3.57 Å². The van der Waals surface area contributed by atoms with Gasteiger partial charge in [-0.15, -0.1) is 0 Å². The largest absolute Gasteiger partial charge is 0.490 e. The molecule has 5 rings (SSSR count). The number of halogens is 3. The van der Waals surface area contributed by atoms with Gasteiger partial charge in [-0.25, -0.2) is 9.79 Å². The Morgan fingerprint density at radius 1 is 1.00 bits per heavy atom. The lowest BCUT2D eigenvalue weighted by atomic mass is 9.97. The van der Waals surface area contributed by atoms with Gasteiger partial charge in [-0.3, -0.25) is 9.36 Å². The zero-order chi connectivity index (χ0) is 31.4. The lowest BCUT2D eigenvalue weighted by Gasteiger charge is -2.23. The predicted octanol–water partition coefficient (Wildman–Crippen LogP) is 6.52. The fraction of sp³-hybridized carbons (Fsp3) is 0.219. The summed E-state index contributed by atoms with van der Waals surface area (Å²) in [5.41, 5.74) is 2.33. The third-order valence-corrected chi connectivity index (χ3v) is 9.41. The first kappa shape index (κ1) is 32.5. The zero-order valence-electron chi connectivity index (χ0n) is 23.9. The van der Waals surface area contributed by atoms with Gasteiger partial charge >= 0.3 is 5.97 Å². The lowest BCUT2D eigenvalue weighted by Crippen LogP contribution is -2.39. The quantitative estimate of drug-likeness (QED) is 0.133. The topological polar surface area (TPSA) is 88.4 Å². The van der Waals surface area contributed by atoms with Crippen molar-refractivity contribution in [2.24, 2.45) is 4.99 Å². The second-order valence-corrected chi connectivity index (χ2v) is 13.5. The minimum absolute atomic E-state index is 0.230. The van der Waals surface area contributed by atoms with Crippen molar-refractivity contribution >= 4 is 77.8 Å². The SMILES string of the molecule is CCOc1ccc([C@@H]2C(C(=O)OC)=CN=c3s/c(=C/c4cc(Br)cc(I)c4OCc4ccc(Br)cc4)c(=O)n32)cc1OCC. The van der Waals surface area contributed by atoms with E-state index in [9.17, 15) is 9.59 Å². The van der Waals surface area contributed by atoms with E-state index >= 15 is 0 Å². The number of carbonyl (C=O) groups excluding carboxylic acids is 1. The third kappa shape index (κ3) is 6.98. The van der Waals surface area contributed by atoms with E-state index in [1.807, 2.05) is 56.3 Å². The molecule has 0 unspecified atom stereocenters. The van der Waals surface area contributed by atoms with E-state index in [1.165, 1.54) is 29.2 Å². The highest BCUT2D eigenvalue weighted by molar-refractivity contribution is 14.1. The van der Waals surface area contributed by atoms with Crippen molar-refractivity contribution in [3.8, 4) is 17.2 Å². The van der Waals surface area contributed by atoms with E-state index in [-0.39, 0.29) is 11.1 Å². The minimum Gasteiger partial charge on any atom is -0.490 e. The number of nitrogens with zero attached hydrogens (tertiary/aromatic N) is 2. The Balaban J connectivity index is 1.62. The number of thiazole rings is 1. The highest BCUT2D eigenvalue weighted by atomic mass is 127. The summed E-state index contributed by atoms with van der Waals surface area (Å²) >= 11 is 10.5. The molecule has 12 heteroatoms. The molecule has 2 heterocycles. The maximum Gasteiger partial charge on any atom is 0.337 e. The first-order valence-electron chi connectivity index (χ1n) is 13.6. The van der Waals surface area contributed by atoms with Crippen LogP contribution in [0.25, 0.3) is 6.08 Å². The summed E-state index contributed by atoms with van der Waals surface area (Å²) in [7, 11) is 1.31. The van der Waals surface area contributed by atoms with Gasteiger partial charge in [0, 0.05) is 20.7 Å². The van der Waals surface area contributed by atoms with Gasteiger partial charge in [0.25, 0.3) is 5.56 Å². The normalized spacial score (nSPS) is 14.4. The van der Waals surface area contributed by atoms with E-state index in [0.717, 1.165) is 23.6 Å². The number of methoxy groups -OCH3 is 1. The van der Waals surface area contributed by atoms with Crippen molar-refractivity contribution in [2.75, 3.05) is 20.3 Å². The highest BCUT2D eigenvalue weighted by Crippen LogP contribution is 2.35. The summed E-state index contributed by atoms with van der Waals surface area (Å²) in [6.45, 7) is 5.01. The molecule has 1 aliphatic heterocycles. The smallest absolute Gasteiger partial charge is 0.337 e. The Labute approximate surface area is 288 Å². The van der Waals surface area contributed by atoms with Crippen LogP contribution in [0.15, 0.2) is 85.1 Å². The lowest BCUT2D eigenvalue weighted by molar-refractivity contribution is -0.136. The Kier molecular flexibility index (Phi) is 10.7. The average Bonchev–Trinajstić information content (AvgIpc) is 3.32. The molecule has 0 bridgehead atoms. The minimum atomic E-state index is -0.786. The van der Waals surface area contributed by atoms with Crippen molar-refractivity contribution < 1.29 is 23.7 Å². The Morgan fingerprint density at radius 3 is 2.43 bits per heavy atom. The standard InChI is InChI=1S/C32H27Br2IN2O6S/c1-4-41-25-11-8-19(13-26(25)42-5-2)28-23(31(39)40-3)16-36-32-37(28)30(38)27(44-32)14-20-12-22(34)15-24(35)29(20)43-17-18-6-9-21(33)10-7-18/h6-16,28H,4-5,17H2,1-3H3/b27-14+/t28-/m1/s1. The van der Waals surface area contributed by atoms with Gasteiger partial charge in [0.05, 0.1) is 40.0 Å². The zero-order valence-corrected chi connectivity index (χ0v) is 30.1. The van der Waals surface area contributed by atoms with Crippen molar-refractivity contribution in [2.45, 2.75) is 26.5 Å².